The fourth-order valence-electron chi connectivity index (χ4n) is 3.52. The minimum Gasteiger partial charge on any atom is -0.508 e. The standard InChI is InChI=1S/C23H17F3N2O4S/c1-33(31,32)17-10-11-20-19(12-17)27-22(21(30)14-6-8-16(29)9-7-14)28(20)13-15-4-2-3-5-18(15)23(24,25)26/h2-12,29H,13H2,1H3. The number of imidazole rings is 1. The van der Waals surface area contributed by atoms with Crippen molar-refractivity contribution in [1.29, 1.82) is 0 Å². The number of carbonyl (C=O) groups is 1. The van der Waals surface area contributed by atoms with E-state index in [1.54, 1.807) is 0 Å². The molecule has 0 bridgehead atoms. The quantitative estimate of drug-likeness (QED) is 0.432. The van der Waals surface area contributed by atoms with E-state index in [0.29, 0.717) is 5.52 Å². The zero-order valence-electron chi connectivity index (χ0n) is 17.2. The maximum absolute atomic E-state index is 13.6. The highest BCUT2D eigenvalue weighted by molar-refractivity contribution is 7.90. The van der Waals surface area contributed by atoms with E-state index in [1.165, 1.54) is 65.2 Å². The molecule has 1 heterocycles. The molecule has 0 aliphatic rings. The lowest BCUT2D eigenvalue weighted by Crippen LogP contribution is -2.16. The number of aromatic nitrogens is 2. The molecule has 0 fully saturated rings. The molecular weight excluding hydrogens is 457 g/mol. The summed E-state index contributed by atoms with van der Waals surface area (Å²) in [5.41, 5.74) is -0.290. The predicted octanol–water partition coefficient (Wildman–Crippen LogP) is 4.44. The van der Waals surface area contributed by atoms with Gasteiger partial charge in [0.1, 0.15) is 5.75 Å². The van der Waals surface area contributed by atoms with Gasteiger partial charge in [0.2, 0.25) is 5.78 Å². The molecule has 0 aliphatic carbocycles. The summed E-state index contributed by atoms with van der Waals surface area (Å²) in [5.74, 6) is -0.799. The van der Waals surface area contributed by atoms with E-state index in [0.717, 1.165) is 12.3 Å². The Balaban J connectivity index is 1.92. The minimum atomic E-state index is -4.60. The van der Waals surface area contributed by atoms with Crippen molar-refractivity contribution in [2.24, 2.45) is 0 Å². The van der Waals surface area contributed by atoms with Gasteiger partial charge in [-0.05, 0) is 54.1 Å². The van der Waals surface area contributed by atoms with Crippen molar-refractivity contribution in [3.63, 3.8) is 0 Å². The normalized spacial score (nSPS) is 12.2. The maximum atomic E-state index is 13.6. The summed E-state index contributed by atoms with van der Waals surface area (Å²) in [6.07, 6.45) is -3.58. The van der Waals surface area contributed by atoms with Crippen LogP contribution in [0.2, 0.25) is 0 Å². The fourth-order valence-corrected chi connectivity index (χ4v) is 4.16. The number of fused-ring (bicyclic) bond motifs is 1. The largest absolute Gasteiger partial charge is 0.508 e. The lowest BCUT2D eigenvalue weighted by molar-refractivity contribution is -0.138. The number of hydrogen-bond acceptors (Lipinski definition) is 5. The number of alkyl halides is 3. The molecule has 1 aromatic heterocycles. The average molecular weight is 474 g/mol. The van der Waals surface area contributed by atoms with Crippen LogP contribution in [0.3, 0.4) is 0 Å². The molecule has 4 aromatic rings. The molecule has 0 amide bonds. The van der Waals surface area contributed by atoms with E-state index >= 15 is 0 Å². The number of benzene rings is 3. The SMILES string of the molecule is CS(=O)(=O)c1ccc2c(c1)nc(C(=O)c1ccc(O)cc1)n2Cc1ccccc1C(F)(F)F. The first-order chi connectivity index (χ1) is 15.4. The van der Waals surface area contributed by atoms with E-state index < -0.39 is 27.4 Å². The van der Waals surface area contributed by atoms with Crippen molar-refractivity contribution in [2.45, 2.75) is 17.6 Å². The third-order valence-corrected chi connectivity index (χ3v) is 6.24. The van der Waals surface area contributed by atoms with E-state index in [-0.39, 0.29) is 39.7 Å². The Morgan fingerprint density at radius 1 is 1.03 bits per heavy atom. The highest BCUT2D eigenvalue weighted by Gasteiger charge is 2.33. The lowest BCUT2D eigenvalue weighted by Gasteiger charge is -2.15. The Morgan fingerprint density at radius 2 is 1.70 bits per heavy atom. The highest BCUT2D eigenvalue weighted by atomic mass is 32.2. The predicted molar refractivity (Wildman–Crippen MR) is 115 cm³/mol. The molecule has 0 radical (unpaired) electrons. The van der Waals surface area contributed by atoms with Gasteiger partial charge in [0.25, 0.3) is 0 Å². The van der Waals surface area contributed by atoms with Crippen molar-refractivity contribution < 1.29 is 31.5 Å². The van der Waals surface area contributed by atoms with Crippen LogP contribution in [0.25, 0.3) is 11.0 Å². The zero-order chi connectivity index (χ0) is 24.0. The first-order valence-electron chi connectivity index (χ1n) is 9.64. The van der Waals surface area contributed by atoms with Gasteiger partial charge in [-0.15, -0.1) is 0 Å². The van der Waals surface area contributed by atoms with Crippen molar-refractivity contribution in [3.8, 4) is 5.75 Å². The van der Waals surface area contributed by atoms with E-state index in [1.807, 2.05) is 0 Å². The number of halogens is 3. The molecule has 10 heteroatoms. The van der Waals surface area contributed by atoms with Gasteiger partial charge in [0.05, 0.1) is 28.0 Å². The van der Waals surface area contributed by atoms with E-state index in [9.17, 15) is 31.5 Å². The van der Waals surface area contributed by atoms with Crippen molar-refractivity contribution in [1.82, 2.24) is 9.55 Å². The molecule has 170 valence electrons. The Labute approximate surface area is 186 Å². The third kappa shape index (κ3) is 4.47. The molecule has 0 unspecified atom stereocenters. The van der Waals surface area contributed by atoms with Gasteiger partial charge in [-0.25, -0.2) is 13.4 Å². The molecule has 33 heavy (non-hydrogen) atoms. The van der Waals surface area contributed by atoms with Gasteiger partial charge < -0.3 is 9.67 Å². The molecule has 4 rings (SSSR count). The molecule has 1 N–H and O–H groups in total. The Bertz CT molecular complexity index is 1470. The Kier molecular flexibility index (Phi) is 5.49. The number of sulfone groups is 1. The first-order valence-corrected chi connectivity index (χ1v) is 11.5. The second-order valence-corrected chi connectivity index (χ2v) is 9.49. The van der Waals surface area contributed by atoms with Gasteiger partial charge in [0.15, 0.2) is 15.7 Å². The topological polar surface area (TPSA) is 89.3 Å². The van der Waals surface area contributed by atoms with Gasteiger partial charge >= 0.3 is 6.18 Å². The summed E-state index contributed by atoms with van der Waals surface area (Å²) in [7, 11) is -3.57. The number of ketones is 1. The molecule has 0 saturated heterocycles. The highest BCUT2D eigenvalue weighted by Crippen LogP contribution is 2.33. The zero-order valence-corrected chi connectivity index (χ0v) is 18.0. The second-order valence-electron chi connectivity index (χ2n) is 7.48. The van der Waals surface area contributed by atoms with Crippen molar-refractivity contribution in [2.75, 3.05) is 6.26 Å². The van der Waals surface area contributed by atoms with Crippen LogP contribution < -0.4 is 0 Å². The van der Waals surface area contributed by atoms with Crippen LogP contribution in [-0.4, -0.2) is 35.1 Å². The van der Waals surface area contributed by atoms with Crippen LogP contribution in [0.1, 0.15) is 27.3 Å². The van der Waals surface area contributed by atoms with Crippen molar-refractivity contribution >= 4 is 26.7 Å². The summed E-state index contributed by atoms with van der Waals surface area (Å²) in [5, 5.41) is 9.49. The van der Waals surface area contributed by atoms with Gasteiger partial charge in [-0.1, -0.05) is 18.2 Å². The number of phenols is 1. The molecule has 6 nitrogen and oxygen atoms in total. The summed E-state index contributed by atoms with van der Waals surface area (Å²) in [4.78, 5) is 17.4. The van der Waals surface area contributed by atoms with Crippen LogP contribution in [0, 0.1) is 0 Å². The number of nitrogens with zero attached hydrogens (tertiary/aromatic N) is 2. The second kappa shape index (κ2) is 8.04. The molecule has 3 aromatic carbocycles. The molecule has 0 saturated carbocycles. The summed E-state index contributed by atoms with van der Waals surface area (Å²) >= 11 is 0. The smallest absolute Gasteiger partial charge is 0.416 e. The lowest BCUT2D eigenvalue weighted by atomic mass is 10.1. The summed E-state index contributed by atoms with van der Waals surface area (Å²) in [6.45, 7) is -0.316. The van der Waals surface area contributed by atoms with Gasteiger partial charge in [-0.3, -0.25) is 4.79 Å². The maximum Gasteiger partial charge on any atom is 0.416 e. The van der Waals surface area contributed by atoms with Gasteiger partial charge in [0, 0.05) is 11.8 Å². The number of rotatable bonds is 5. The van der Waals surface area contributed by atoms with Crippen LogP contribution in [0.5, 0.6) is 5.75 Å². The van der Waals surface area contributed by atoms with Crippen LogP contribution >= 0.6 is 0 Å². The number of hydrogen-bond donors (Lipinski definition) is 1. The number of carbonyl (C=O) groups excluding carboxylic acids is 1. The Morgan fingerprint density at radius 3 is 2.33 bits per heavy atom. The minimum absolute atomic E-state index is 0.0287. The molecular formula is C23H17F3N2O4S. The van der Waals surface area contributed by atoms with E-state index in [2.05, 4.69) is 4.98 Å². The van der Waals surface area contributed by atoms with E-state index in [4.69, 9.17) is 0 Å². The number of phenolic OH excluding ortho intramolecular Hbond substituents is 1. The monoisotopic (exact) mass is 474 g/mol. The average Bonchev–Trinajstić information content (AvgIpc) is 3.10. The van der Waals surface area contributed by atoms with Crippen LogP contribution in [0.15, 0.2) is 71.6 Å². The van der Waals surface area contributed by atoms with Crippen molar-refractivity contribution in [3.05, 3.63) is 89.2 Å². The Hall–Kier alpha value is -3.66. The summed E-state index contributed by atoms with van der Waals surface area (Å²) in [6, 6.07) is 14.4. The molecule has 0 aliphatic heterocycles. The van der Waals surface area contributed by atoms with Crippen LogP contribution in [0.4, 0.5) is 13.2 Å². The summed E-state index contributed by atoms with van der Waals surface area (Å²) < 4.78 is 65.9. The number of aromatic hydroxyl groups is 1. The fraction of sp³-hybridized carbons (Fsp3) is 0.130. The third-order valence-electron chi connectivity index (χ3n) is 5.13. The first kappa shape index (κ1) is 22.5. The van der Waals surface area contributed by atoms with Gasteiger partial charge in [-0.2, -0.15) is 13.2 Å². The molecule has 0 atom stereocenters. The molecule has 0 spiro atoms. The van der Waals surface area contributed by atoms with Crippen LogP contribution in [-0.2, 0) is 22.6 Å².